The van der Waals surface area contributed by atoms with Crippen molar-refractivity contribution in [2.24, 2.45) is 0 Å². The van der Waals surface area contributed by atoms with Gasteiger partial charge in [0.05, 0.1) is 11.9 Å². The minimum absolute atomic E-state index is 0.141. The summed E-state index contributed by atoms with van der Waals surface area (Å²) in [5.74, 6) is -1.19. The first-order valence-corrected chi connectivity index (χ1v) is 9.03. The van der Waals surface area contributed by atoms with E-state index in [4.69, 9.17) is 5.73 Å². The van der Waals surface area contributed by atoms with Crippen molar-refractivity contribution in [1.29, 1.82) is 0 Å². The van der Waals surface area contributed by atoms with Crippen molar-refractivity contribution in [1.82, 2.24) is 14.4 Å². The first kappa shape index (κ1) is 20.3. The third kappa shape index (κ3) is 3.06. The van der Waals surface area contributed by atoms with Crippen LogP contribution in [0.2, 0.25) is 0 Å². The summed E-state index contributed by atoms with van der Waals surface area (Å²) in [6, 6.07) is 3.68. The molecule has 0 saturated heterocycles. The maximum atomic E-state index is 13.6. The molecule has 2 heterocycles. The molecule has 1 atom stereocenters. The molecule has 0 bridgehead atoms. The van der Waals surface area contributed by atoms with Crippen molar-refractivity contribution in [3.63, 3.8) is 0 Å². The minimum atomic E-state index is -5.16. The zero-order valence-corrected chi connectivity index (χ0v) is 16.5. The highest BCUT2D eigenvalue weighted by atomic mass is 79.9. The Hall–Kier alpha value is -2.46. The number of aliphatic hydroxyl groups is 1. The number of nitrogens with zero attached hydrogens (tertiary/aromatic N) is 3. The van der Waals surface area contributed by atoms with Gasteiger partial charge in [-0.1, -0.05) is 19.1 Å². The molecule has 3 N–H and O–H groups in total. The van der Waals surface area contributed by atoms with Crippen LogP contribution < -0.4 is 5.73 Å². The molecule has 1 aromatic carbocycles. The van der Waals surface area contributed by atoms with Gasteiger partial charge in [-0.3, -0.25) is 9.20 Å². The monoisotopic (exact) mass is 456 g/mol. The lowest BCUT2D eigenvalue weighted by Crippen LogP contribution is -2.49. The number of Topliss-reactive ketones (excluding diaryl/α,β-unsaturated/α-hetero) is 1. The molecule has 1 unspecified atom stereocenters. The van der Waals surface area contributed by atoms with E-state index in [0.29, 0.717) is 27.1 Å². The van der Waals surface area contributed by atoms with Gasteiger partial charge in [0, 0.05) is 23.7 Å². The molecule has 0 radical (unpaired) electrons. The summed E-state index contributed by atoms with van der Waals surface area (Å²) < 4.78 is 42.9. The van der Waals surface area contributed by atoms with Crippen LogP contribution in [0, 0.1) is 6.92 Å². The van der Waals surface area contributed by atoms with Crippen LogP contribution in [0.15, 0.2) is 35.2 Å². The maximum Gasteiger partial charge on any atom is 0.428 e. The number of benzene rings is 1. The second-order valence-corrected chi connectivity index (χ2v) is 7.11. The Labute approximate surface area is 166 Å². The van der Waals surface area contributed by atoms with E-state index < -0.39 is 29.5 Å². The first-order chi connectivity index (χ1) is 13.0. The normalized spacial score (nSPS) is 14.2. The molecule has 0 saturated carbocycles. The van der Waals surface area contributed by atoms with Gasteiger partial charge >= 0.3 is 6.18 Å². The fourth-order valence-electron chi connectivity index (χ4n) is 3.04. The van der Waals surface area contributed by atoms with Crippen LogP contribution in [-0.4, -0.2) is 31.4 Å². The van der Waals surface area contributed by atoms with E-state index in [1.54, 1.807) is 17.5 Å². The number of hydrogen-bond acceptors (Lipinski definition) is 5. The number of hydrogen-bond donors (Lipinski definition) is 2. The van der Waals surface area contributed by atoms with Crippen molar-refractivity contribution < 1.29 is 23.1 Å². The smallest absolute Gasteiger partial charge is 0.381 e. The fourth-order valence-corrected chi connectivity index (χ4v) is 3.44. The number of carbonyl (C=O) groups excluding carboxylic acids is 1. The van der Waals surface area contributed by atoms with Gasteiger partial charge < -0.3 is 10.8 Å². The number of imidazole rings is 1. The minimum Gasteiger partial charge on any atom is -0.381 e. The predicted octanol–water partition coefficient (Wildman–Crippen LogP) is 3.78. The van der Waals surface area contributed by atoms with Crippen LogP contribution in [-0.2, 0) is 10.4 Å². The maximum absolute atomic E-state index is 13.6. The molecule has 28 heavy (non-hydrogen) atoms. The second kappa shape index (κ2) is 6.85. The van der Waals surface area contributed by atoms with Crippen molar-refractivity contribution in [3.8, 4) is 11.3 Å². The number of aryl methyl sites for hydroxylation is 1. The van der Waals surface area contributed by atoms with Gasteiger partial charge in [0.15, 0.2) is 17.2 Å². The zero-order valence-electron chi connectivity index (χ0n) is 14.9. The molecule has 0 aliphatic heterocycles. The number of rotatable bonds is 4. The van der Waals surface area contributed by atoms with Crippen LogP contribution in [0.5, 0.6) is 0 Å². The van der Waals surface area contributed by atoms with Gasteiger partial charge in [-0.05, 0) is 34.5 Å². The number of ketones is 1. The van der Waals surface area contributed by atoms with Crippen LogP contribution in [0.4, 0.5) is 19.0 Å². The van der Waals surface area contributed by atoms with Gasteiger partial charge in [0.25, 0.3) is 0 Å². The standard InChI is InChI=1S/C18H16BrF3N4O2/c1-3-13(27)17(28,18(20,21)22)10-5-4-9(2)11(6-10)12-7-24-16-15(23)25-14(19)8-26(12)16/h4-8,28H,3H2,1-2H3,(H2,23,25). The fraction of sp³-hybridized carbons (Fsp3) is 0.278. The molecular formula is C18H16BrF3N4O2. The van der Waals surface area contributed by atoms with Crippen LogP contribution >= 0.6 is 15.9 Å². The number of halogens is 4. The molecule has 10 heteroatoms. The van der Waals surface area contributed by atoms with Crippen molar-refractivity contribution in [2.45, 2.75) is 32.0 Å². The molecule has 0 fully saturated rings. The van der Waals surface area contributed by atoms with Crippen molar-refractivity contribution in [2.75, 3.05) is 5.73 Å². The summed E-state index contributed by atoms with van der Waals surface area (Å²) in [7, 11) is 0. The largest absolute Gasteiger partial charge is 0.428 e. The highest BCUT2D eigenvalue weighted by Crippen LogP contribution is 2.42. The van der Waals surface area contributed by atoms with Crippen molar-refractivity contribution in [3.05, 3.63) is 46.3 Å². The number of fused-ring (bicyclic) bond motifs is 1. The Morgan fingerprint density at radius 1 is 1.36 bits per heavy atom. The Morgan fingerprint density at radius 3 is 2.64 bits per heavy atom. The number of alkyl halides is 3. The van der Waals surface area contributed by atoms with Crippen molar-refractivity contribution >= 4 is 33.2 Å². The van der Waals surface area contributed by atoms with E-state index in [1.165, 1.54) is 19.2 Å². The first-order valence-electron chi connectivity index (χ1n) is 8.23. The number of nitrogen functional groups attached to an aromatic ring is 1. The molecule has 0 aliphatic carbocycles. The summed E-state index contributed by atoms with van der Waals surface area (Å²) in [6.45, 7) is 2.97. The van der Waals surface area contributed by atoms with E-state index in [0.717, 1.165) is 12.1 Å². The third-order valence-corrected chi connectivity index (χ3v) is 4.94. The quantitative estimate of drug-likeness (QED) is 0.622. The molecule has 0 spiro atoms. The zero-order chi connectivity index (χ0) is 20.9. The van der Waals surface area contributed by atoms with Crippen LogP contribution in [0.25, 0.3) is 16.9 Å². The van der Waals surface area contributed by atoms with Crippen LogP contribution in [0.3, 0.4) is 0 Å². The summed E-state index contributed by atoms with van der Waals surface area (Å²) in [6.07, 6.45) is -2.61. The molecule has 0 aliphatic rings. The number of carbonyl (C=O) groups is 1. The number of aromatic nitrogens is 3. The lowest BCUT2D eigenvalue weighted by molar-refractivity contribution is -0.255. The Morgan fingerprint density at radius 2 is 2.04 bits per heavy atom. The van der Waals surface area contributed by atoms with Gasteiger partial charge in [-0.25, -0.2) is 9.97 Å². The molecule has 6 nitrogen and oxygen atoms in total. The lowest BCUT2D eigenvalue weighted by Gasteiger charge is -2.29. The van der Waals surface area contributed by atoms with E-state index in [1.807, 2.05) is 0 Å². The highest BCUT2D eigenvalue weighted by Gasteiger charge is 2.59. The van der Waals surface area contributed by atoms with E-state index in [-0.39, 0.29) is 5.82 Å². The van der Waals surface area contributed by atoms with E-state index in [9.17, 15) is 23.1 Å². The topological polar surface area (TPSA) is 93.5 Å². The third-order valence-electron chi connectivity index (χ3n) is 4.56. The molecule has 2 aromatic heterocycles. The Bertz CT molecular complexity index is 1080. The SMILES string of the molecule is CCC(=O)C(O)(c1ccc(C)c(-c2cnc3c(N)nc(Br)cn23)c1)C(F)(F)F. The predicted molar refractivity (Wildman–Crippen MR) is 101 cm³/mol. The van der Waals surface area contributed by atoms with E-state index in [2.05, 4.69) is 25.9 Å². The number of nitrogens with two attached hydrogens (primary N) is 1. The lowest BCUT2D eigenvalue weighted by atomic mass is 9.85. The van der Waals surface area contributed by atoms with E-state index >= 15 is 0 Å². The summed E-state index contributed by atoms with van der Waals surface area (Å²) in [5, 5.41) is 10.4. The Kier molecular flexibility index (Phi) is 4.96. The van der Waals surface area contributed by atoms with Gasteiger partial charge in [-0.15, -0.1) is 0 Å². The molecule has 148 valence electrons. The molecule has 3 aromatic rings. The summed E-state index contributed by atoms with van der Waals surface area (Å²) >= 11 is 3.22. The Balaban J connectivity index is 2.28. The average molecular weight is 457 g/mol. The number of anilines is 1. The van der Waals surface area contributed by atoms with Gasteiger partial charge in [0.1, 0.15) is 4.60 Å². The second-order valence-electron chi connectivity index (χ2n) is 6.30. The molecular weight excluding hydrogens is 441 g/mol. The molecule has 3 rings (SSSR count). The van der Waals surface area contributed by atoms with Gasteiger partial charge in [0.2, 0.25) is 5.60 Å². The van der Waals surface area contributed by atoms with Crippen LogP contribution in [0.1, 0.15) is 24.5 Å². The highest BCUT2D eigenvalue weighted by molar-refractivity contribution is 9.10. The van der Waals surface area contributed by atoms with Gasteiger partial charge in [-0.2, -0.15) is 13.2 Å². The average Bonchev–Trinajstić information content (AvgIpc) is 3.03. The summed E-state index contributed by atoms with van der Waals surface area (Å²) in [5.41, 5.74) is 3.47. The summed E-state index contributed by atoms with van der Waals surface area (Å²) in [4.78, 5) is 20.3. The molecule has 0 amide bonds.